The monoisotopic (exact) mass is 467 g/mol. The number of hydrogen-bond acceptors (Lipinski definition) is 5. The molecular formula is C27H21N3O3S. The highest BCUT2D eigenvalue weighted by Gasteiger charge is 2.16. The highest BCUT2D eigenvalue weighted by molar-refractivity contribution is 7.80. The van der Waals surface area contributed by atoms with Crippen molar-refractivity contribution in [2.45, 2.75) is 6.92 Å². The molecule has 4 aromatic carbocycles. The number of amides is 1. The Morgan fingerprint density at radius 2 is 1.76 bits per heavy atom. The topological polar surface area (TPSA) is 76.4 Å². The molecular weight excluding hydrogens is 446 g/mol. The van der Waals surface area contributed by atoms with Gasteiger partial charge in [0, 0.05) is 11.3 Å². The highest BCUT2D eigenvalue weighted by atomic mass is 32.1. The van der Waals surface area contributed by atoms with Gasteiger partial charge in [0.15, 0.2) is 10.7 Å². The number of carbonyl (C=O) groups is 1. The van der Waals surface area contributed by atoms with Crippen molar-refractivity contribution in [3.05, 3.63) is 90.0 Å². The molecule has 0 spiro atoms. The molecule has 0 radical (unpaired) electrons. The van der Waals surface area contributed by atoms with Crippen LogP contribution in [0.15, 0.2) is 83.3 Å². The van der Waals surface area contributed by atoms with E-state index in [2.05, 4.69) is 15.6 Å². The van der Waals surface area contributed by atoms with Gasteiger partial charge in [-0.3, -0.25) is 10.1 Å². The van der Waals surface area contributed by atoms with Crippen LogP contribution in [0.25, 0.3) is 33.3 Å². The minimum Gasteiger partial charge on any atom is -0.496 e. The van der Waals surface area contributed by atoms with Gasteiger partial charge in [0.05, 0.1) is 12.7 Å². The van der Waals surface area contributed by atoms with E-state index in [1.807, 2.05) is 79.7 Å². The fourth-order valence-electron chi connectivity index (χ4n) is 3.79. The molecule has 0 bridgehead atoms. The first-order valence-corrected chi connectivity index (χ1v) is 11.1. The first-order valence-electron chi connectivity index (χ1n) is 10.7. The summed E-state index contributed by atoms with van der Waals surface area (Å²) in [6.07, 6.45) is 0. The number of rotatable bonds is 4. The number of aryl methyl sites for hydroxylation is 1. The number of ether oxygens (including phenoxy) is 1. The number of nitrogens with one attached hydrogen (secondary N) is 2. The lowest BCUT2D eigenvalue weighted by Gasteiger charge is -2.13. The van der Waals surface area contributed by atoms with Crippen LogP contribution < -0.4 is 15.4 Å². The van der Waals surface area contributed by atoms with Crippen LogP contribution in [0.4, 0.5) is 5.69 Å². The number of fused-ring (bicyclic) bond motifs is 2. The van der Waals surface area contributed by atoms with Gasteiger partial charge >= 0.3 is 0 Å². The molecule has 1 amide bonds. The van der Waals surface area contributed by atoms with Crippen LogP contribution in [0, 0.1) is 6.92 Å². The molecule has 6 nitrogen and oxygen atoms in total. The summed E-state index contributed by atoms with van der Waals surface area (Å²) >= 11 is 5.39. The van der Waals surface area contributed by atoms with E-state index in [-0.39, 0.29) is 11.0 Å². The Hall–Kier alpha value is -4.23. The van der Waals surface area contributed by atoms with Gasteiger partial charge in [-0.2, -0.15) is 0 Å². The Balaban J connectivity index is 1.34. The van der Waals surface area contributed by atoms with Crippen molar-refractivity contribution in [1.29, 1.82) is 0 Å². The van der Waals surface area contributed by atoms with E-state index in [9.17, 15) is 4.79 Å². The first kappa shape index (κ1) is 21.6. The van der Waals surface area contributed by atoms with E-state index in [4.69, 9.17) is 21.4 Å². The molecule has 0 unspecified atom stereocenters. The number of anilines is 1. The van der Waals surface area contributed by atoms with Gasteiger partial charge in [-0.1, -0.05) is 36.4 Å². The minimum atomic E-state index is -0.356. The summed E-state index contributed by atoms with van der Waals surface area (Å²) in [4.78, 5) is 17.5. The Kier molecular flexibility index (Phi) is 5.69. The van der Waals surface area contributed by atoms with Gasteiger partial charge in [0.2, 0.25) is 5.89 Å². The summed E-state index contributed by atoms with van der Waals surface area (Å²) in [6.45, 7) is 2.01. The third kappa shape index (κ3) is 4.33. The van der Waals surface area contributed by atoms with Crippen LogP contribution in [-0.4, -0.2) is 23.1 Å². The molecule has 168 valence electrons. The standard InChI is InChI=1S/C27H21N3O3S/c1-16-10-11-23-22(12-16)29-26(33-23)19-8-5-9-20(13-19)28-27(34)30-25(31)21-14-17-6-3-4-7-18(17)15-24(21)32-2/h3-15H,1-2H3,(H2,28,30,31,34). The number of methoxy groups -OCH3 is 1. The number of benzene rings is 4. The summed E-state index contributed by atoms with van der Waals surface area (Å²) in [5, 5.41) is 7.89. The van der Waals surface area contributed by atoms with Crippen molar-refractivity contribution in [3.63, 3.8) is 0 Å². The van der Waals surface area contributed by atoms with Gasteiger partial charge in [0.25, 0.3) is 5.91 Å². The quantitative estimate of drug-likeness (QED) is 0.312. The molecule has 0 fully saturated rings. The Morgan fingerprint density at radius 3 is 2.56 bits per heavy atom. The minimum absolute atomic E-state index is 0.172. The first-order chi connectivity index (χ1) is 16.5. The SMILES string of the molecule is COc1cc2ccccc2cc1C(=O)NC(=S)Nc1cccc(-c2nc3cc(C)ccc3o2)c1. The highest BCUT2D eigenvalue weighted by Crippen LogP contribution is 2.28. The van der Waals surface area contributed by atoms with E-state index < -0.39 is 0 Å². The van der Waals surface area contributed by atoms with Gasteiger partial charge in [-0.15, -0.1) is 0 Å². The maximum atomic E-state index is 12.9. The molecule has 0 aliphatic heterocycles. The van der Waals surface area contributed by atoms with E-state index >= 15 is 0 Å². The second-order valence-corrected chi connectivity index (χ2v) is 8.29. The molecule has 5 aromatic rings. The van der Waals surface area contributed by atoms with Crippen LogP contribution in [-0.2, 0) is 0 Å². The molecule has 0 saturated carbocycles. The predicted molar refractivity (Wildman–Crippen MR) is 138 cm³/mol. The predicted octanol–water partition coefficient (Wildman–Crippen LogP) is 6.09. The molecule has 5 rings (SSSR count). The maximum Gasteiger partial charge on any atom is 0.261 e. The van der Waals surface area contributed by atoms with E-state index in [1.165, 1.54) is 7.11 Å². The molecule has 1 heterocycles. The van der Waals surface area contributed by atoms with Crippen molar-refractivity contribution in [3.8, 4) is 17.2 Å². The van der Waals surface area contributed by atoms with E-state index in [1.54, 1.807) is 6.07 Å². The molecule has 1 aromatic heterocycles. The fourth-order valence-corrected chi connectivity index (χ4v) is 4.00. The molecule has 0 aliphatic rings. The zero-order chi connectivity index (χ0) is 23.7. The van der Waals surface area contributed by atoms with Crippen LogP contribution >= 0.6 is 12.2 Å². The fraction of sp³-hybridized carbons (Fsp3) is 0.0741. The van der Waals surface area contributed by atoms with Crippen molar-refractivity contribution in [2.24, 2.45) is 0 Å². The number of thiocarbonyl (C=S) groups is 1. The lowest BCUT2D eigenvalue weighted by molar-refractivity contribution is 0.0975. The second-order valence-electron chi connectivity index (χ2n) is 7.88. The third-order valence-electron chi connectivity index (χ3n) is 5.45. The largest absolute Gasteiger partial charge is 0.496 e. The van der Waals surface area contributed by atoms with E-state index in [0.29, 0.717) is 22.9 Å². The Bertz CT molecular complexity index is 1560. The van der Waals surface area contributed by atoms with Gasteiger partial charge in [0.1, 0.15) is 11.3 Å². The average molecular weight is 468 g/mol. The molecule has 7 heteroatoms. The van der Waals surface area contributed by atoms with Crippen molar-refractivity contribution < 1.29 is 13.9 Å². The number of oxazole rings is 1. The number of aromatic nitrogens is 1. The Labute approximate surface area is 201 Å². The lowest BCUT2D eigenvalue weighted by atomic mass is 10.1. The Morgan fingerprint density at radius 1 is 0.971 bits per heavy atom. The molecule has 34 heavy (non-hydrogen) atoms. The number of hydrogen-bond donors (Lipinski definition) is 2. The molecule has 2 N–H and O–H groups in total. The van der Waals surface area contributed by atoms with Crippen LogP contribution in [0.1, 0.15) is 15.9 Å². The summed E-state index contributed by atoms with van der Waals surface area (Å²) < 4.78 is 11.3. The van der Waals surface area contributed by atoms with Crippen molar-refractivity contribution in [2.75, 3.05) is 12.4 Å². The zero-order valence-electron chi connectivity index (χ0n) is 18.6. The summed E-state index contributed by atoms with van der Waals surface area (Å²) in [5.41, 5.74) is 4.55. The van der Waals surface area contributed by atoms with Crippen LogP contribution in [0.5, 0.6) is 5.75 Å². The summed E-state index contributed by atoms with van der Waals surface area (Å²) in [7, 11) is 1.54. The van der Waals surface area contributed by atoms with Gasteiger partial charge in [-0.05, 0) is 77.9 Å². The van der Waals surface area contributed by atoms with Crippen molar-refractivity contribution in [1.82, 2.24) is 10.3 Å². The molecule has 0 atom stereocenters. The van der Waals surface area contributed by atoms with Crippen LogP contribution in [0.3, 0.4) is 0 Å². The van der Waals surface area contributed by atoms with Gasteiger partial charge < -0.3 is 14.5 Å². The zero-order valence-corrected chi connectivity index (χ0v) is 19.4. The van der Waals surface area contributed by atoms with E-state index in [0.717, 1.165) is 33.0 Å². The lowest BCUT2D eigenvalue weighted by Crippen LogP contribution is -2.34. The summed E-state index contributed by atoms with van der Waals surface area (Å²) in [6, 6.07) is 24.8. The molecule has 0 aliphatic carbocycles. The number of carbonyl (C=O) groups excluding carboxylic acids is 1. The maximum absolute atomic E-state index is 12.9. The van der Waals surface area contributed by atoms with Gasteiger partial charge in [-0.25, -0.2) is 4.98 Å². The number of nitrogens with zero attached hydrogens (tertiary/aromatic N) is 1. The van der Waals surface area contributed by atoms with Crippen LogP contribution in [0.2, 0.25) is 0 Å². The average Bonchev–Trinajstić information content (AvgIpc) is 3.26. The van der Waals surface area contributed by atoms with Crippen molar-refractivity contribution >= 4 is 50.8 Å². The second kappa shape index (κ2) is 8.96. The summed E-state index contributed by atoms with van der Waals surface area (Å²) in [5.74, 6) is 0.637. The normalized spacial score (nSPS) is 10.9. The molecule has 0 saturated heterocycles. The smallest absolute Gasteiger partial charge is 0.261 e. The third-order valence-corrected chi connectivity index (χ3v) is 5.65.